The highest BCUT2D eigenvalue weighted by Crippen LogP contribution is 2.35. The summed E-state index contributed by atoms with van der Waals surface area (Å²) in [4.78, 5) is 54.7. The quantitative estimate of drug-likeness (QED) is 0.177. The van der Waals surface area contributed by atoms with Crippen LogP contribution in [0.4, 0.5) is 4.79 Å². The van der Waals surface area contributed by atoms with Crippen LogP contribution in [0.25, 0.3) is 0 Å². The van der Waals surface area contributed by atoms with E-state index in [9.17, 15) is 27.6 Å². The summed E-state index contributed by atoms with van der Waals surface area (Å²) in [6.07, 6.45) is 2.42. The molecule has 242 valence electrons. The SMILES string of the molecule is CCCCCC(=O)N(C(=O)OC(C)(C)C)C(N)S(=O)(=O)C1CCN(C(=O)CCCCC)[C@]1(N)C(=O)OCc1ccccc1. The predicted molar refractivity (Wildman–Crippen MR) is 162 cm³/mol. The van der Waals surface area contributed by atoms with Gasteiger partial charge in [0.1, 0.15) is 17.5 Å². The summed E-state index contributed by atoms with van der Waals surface area (Å²) in [6, 6.07) is 8.70. The van der Waals surface area contributed by atoms with Gasteiger partial charge in [-0.2, -0.15) is 0 Å². The Morgan fingerprint density at radius 1 is 1.02 bits per heavy atom. The second-order valence-electron chi connectivity index (χ2n) is 11.8. The van der Waals surface area contributed by atoms with Crippen LogP contribution in [0.15, 0.2) is 30.3 Å². The first-order valence-electron chi connectivity index (χ1n) is 14.9. The zero-order valence-corrected chi connectivity index (χ0v) is 26.9. The van der Waals surface area contributed by atoms with Crippen molar-refractivity contribution in [3.05, 3.63) is 35.9 Å². The maximum atomic E-state index is 14.1. The van der Waals surface area contributed by atoms with E-state index in [0.717, 1.165) is 24.2 Å². The van der Waals surface area contributed by atoms with E-state index in [1.165, 1.54) is 0 Å². The molecule has 2 unspecified atom stereocenters. The van der Waals surface area contributed by atoms with Crippen molar-refractivity contribution in [3.8, 4) is 0 Å². The minimum Gasteiger partial charge on any atom is -0.458 e. The lowest BCUT2D eigenvalue weighted by molar-refractivity contribution is -0.162. The average molecular weight is 625 g/mol. The zero-order valence-electron chi connectivity index (χ0n) is 26.0. The molecule has 43 heavy (non-hydrogen) atoms. The smallest absolute Gasteiger partial charge is 0.419 e. The molecule has 1 fully saturated rings. The fourth-order valence-electron chi connectivity index (χ4n) is 4.93. The first-order chi connectivity index (χ1) is 20.1. The van der Waals surface area contributed by atoms with Crippen molar-refractivity contribution in [2.24, 2.45) is 11.5 Å². The van der Waals surface area contributed by atoms with Crippen molar-refractivity contribution in [2.75, 3.05) is 6.54 Å². The molecule has 0 radical (unpaired) electrons. The zero-order chi connectivity index (χ0) is 32.4. The third-order valence-electron chi connectivity index (χ3n) is 7.23. The average Bonchev–Trinajstić information content (AvgIpc) is 3.30. The van der Waals surface area contributed by atoms with Gasteiger partial charge in [-0.15, -0.1) is 0 Å². The number of nitrogens with two attached hydrogens (primary N) is 2. The normalized spacial score (nSPS) is 19.5. The van der Waals surface area contributed by atoms with Gasteiger partial charge in [-0.1, -0.05) is 69.9 Å². The monoisotopic (exact) mass is 624 g/mol. The lowest BCUT2D eigenvalue weighted by Gasteiger charge is -2.38. The highest BCUT2D eigenvalue weighted by Gasteiger charge is 2.62. The van der Waals surface area contributed by atoms with E-state index in [0.29, 0.717) is 29.7 Å². The summed E-state index contributed by atoms with van der Waals surface area (Å²) in [6.45, 7) is 8.23. The van der Waals surface area contributed by atoms with Gasteiger partial charge >= 0.3 is 12.1 Å². The second-order valence-corrected chi connectivity index (χ2v) is 14.1. The first kappa shape index (κ1) is 36.2. The van der Waals surface area contributed by atoms with Crippen LogP contribution in [0.1, 0.15) is 98.0 Å². The van der Waals surface area contributed by atoms with Crippen molar-refractivity contribution in [3.63, 3.8) is 0 Å². The molecule has 0 aliphatic carbocycles. The molecule has 12 nitrogen and oxygen atoms in total. The van der Waals surface area contributed by atoms with E-state index in [1.807, 2.05) is 13.8 Å². The summed E-state index contributed by atoms with van der Waals surface area (Å²) in [5.74, 6) is -2.46. The highest BCUT2D eigenvalue weighted by molar-refractivity contribution is 7.92. The second kappa shape index (κ2) is 15.6. The third kappa shape index (κ3) is 9.23. The number of benzene rings is 1. The van der Waals surface area contributed by atoms with Crippen LogP contribution in [0.2, 0.25) is 0 Å². The Kier molecular flexibility index (Phi) is 13.1. The number of nitrogens with zero attached hydrogens (tertiary/aromatic N) is 2. The van der Waals surface area contributed by atoms with Gasteiger partial charge < -0.3 is 14.4 Å². The minimum atomic E-state index is -4.78. The summed E-state index contributed by atoms with van der Waals surface area (Å²) in [7, 11) is -4.78. The van der Waals surface area contributed by atoms with Crippen LogP contribution in [-0.2, 0) is 40.3 Å². The number of unbranched alkanes of at least 4 members (excludes halogenated alkanes) is 4. The number of hydrogen-bond acceptors (Lipinski definition) is 10. The van der Waals surface area contributed by atoms with Gasteiger partial charge in [-0.25, -0.2) is 22.9 Å². The number of hydrogen-bond donors (Lipinski definition) is 2. The molecule has 1 aromatic carbocycles. The molecule has 1 heterocycles. The molecule has 0 saturated carbocycles. The maximum Gasteiger partial charge on any atom is 0.419 e. The van der Waals surface area contributed by atoms with Crippen LogP contribution in [-0.4, -0.2) is 70.7 Å². The maximum absolute atomic E-state index is 14.1. The lowest BCUT2D eigenvalue weighted by Crippen LogP contribution is -2.69. The van der Waals surface area contributed by atoms with Crippen molar-refractivity contribution in [1.82, 2.24) is 9.80 Å². The Labute approximate surface area is 255 Å². The molecule has 1 aliphatic rings. The number of carbonyl (C=O) groups is 4. The number of carbonyl (C=O) groups excluding carboxylic acids is 4. The Morgan fingerprint density at radius 2 is 1.60 bits per heavy atom. The standard InChI is InChI=1S/C30H48N4O8S/c1-6-8-11-17-24(35)33-20-19-23(30(33,32)26(37)41-21-22-15-13-10-14-16-22)43(39,40)27(31)34(25(36)18-12-9-7-2)28(38)42-29(3,4)5/h10,13-16,23,27H,6-9,11-12,17-21,31-32H2,1-5H3/t23?,27?,30-/m0/s1. The van der Waals surface area contributed by atoms with Crippen molar-refractivity contribution >= 4 is 33.7 Å². The Balaban J connectivity index is 2.50. The van der Waals surface area contributed by atoms with Crippen LogP contribution >= 0.6 is 0 Å². The van der Waals surface area contributed by atoms with E-state index in [1.54, 1.807) is 51.1 Å². The van der Waals surface area contributed by atoms with E-state index in [2.05, 4.69) is 0 Å². The molecule has 13 heteroatoms. The topological polar surface area (TPSA) is 179 Å². The Bertz CT molecular complexity index is 1220. The van der Waals surface area contributed by atoms with Crippen molar-refractivity contribution in [1.29, 1.82) is 0 Å². The number of amides is 3. The van der Waals surface area contributed by atoms with Crippen LogP contribution in [0.5, 0.6) is 0 Å². The van der Waals surface area contributed by atoms with Gasteiger partial charge in [0.25, 0.3) is 0 Å². The molecule has 1 aromatic rings. The van der Waals surface area contributed by atoms with Gasteiger partial charge in [0.15, 0.2) is 15.3 Å². The summed E-state index contributed by atoms with van der Waals surface area (Å²) >= 11 is 0. The molecule has 0 aromatic heterocycles. The van der Waals surface area contributed by atoms with Crippen LogP contribution in [0.3, 0.4) is 0 Å². The minimum absolute atomic E-state index is 0.0531. The van der Waals surface area contributed by atoms with Gasteiger partial charge in [0.2, 0.25) is 17.5 Å². The summed E-state index contributed by atoms with van der Waals surface area (Å²) < 4.78 is 39.1. The fraction of sp³-hybridized carbons (Fsp3) is 0.667. The van der Waals surface area contributed by atoms with E-state index in [4.69, 9.17) is 20.9 Å². The highest BCUT2D eigenvalue weighted by atomic mass is 32.2. The first-order valence-corrected chi connectivity index (χ1v) is 16.6. The lowest BCUT2D eigenvalue weighted by atomic mass is 10.1. The Morgan fingerprint density at radius 3 is 2.16 bits per heavy atom. The number of sulfone groups is 1. The largest absolute Gasteiger partial charge is 0.458 e. The molecule has 1 saturated heterocycles. The number of rotatable bonds is 14. The molecule has 3 atom stereocenters. The molecule has 1 aliphatic heterocycles. The molecule has 3 amide bonds. The number of imide groups is 1. The summed E-state index contributed by atoms with van der Waals surface area (Å²) in [5, 5.41) is -1.76. The number of esters is 1. The molecule has 2 rings (SSSR count). The van der Waals surface area contributed by atoms with E-state index in [-0.39, 0.29) is 32.4 Å². The number of ether oxygens (including phenoxy) is 2. The van der Waals surface area contributed by atoms with Crippen molar-refractivity contribution < 1.29 is 37.1 Å². The van der Waals surface area contributed by atoms with Crippen LogP contribution < -0.4 is 11.5 Å². The molecule has 0 bridgehead atoms. The van der Waals surface area contributed by atoms with Crippen LogP contribution in [0, 0.1) is 0 Å². The summed E-state index contributed by atoms with van der Waals surface area (Å²) in [5.41, 5.74) is 7.73. The Hall–Kier alpha value is -3.03. The number of likely N-dealkylation sites (tertiary alicyclic amines) is 1. The molecule has 4 N–H and O–H groups in total. The van der Waals surface area contributed by atoms with E-state index < -0.39 is 55.7 Å². The van der Waals surface area contributed by atoms with Crippen molar-refractivity contribution in [2.45, 2.75) is 121 Å². The van der Waals surface area contributed by atoms with E-state index >= 15 is 0 Å². The molecular formula is C30H48N4O8S. The molecular weight excluding hydrogens is 576 g/mol. The van der Waals surface area contributed by atoms with Gasteiger partial charge in [0, 0.05) is 19.4 Å². The van der Waals surface area contributed by atoms with Gasteiger partial charge in [-0.3, -0.25) is 21.1 Å². The third-order valence-corrected chi connectivity index (χ3v) is 9.50. The molecule has 0 spiro atoms. The van der Waals surface area contributed by atoms with Gasteiger partial charge in [-0.05, 0) is 45.6 Å². The predicted octanol–water partition coefficient (Wildman–Crippen LogP) is 3.57. The fourth-order valence-corrected chi connectivity index (χ4v) is 6.93. The van der Waals surface area contributed by atoms with Gasteiger partial charge in [0.05, 0.1) is 0 Å².